The average molecular weight is 465 g/mol. The Kier molecular flexibility index (Phi) is 6.50. The van der Waals surface area contributed by atoms with Crippen molar-refractivity contribution in [2.75, 3.05) is 13.6 Å². The molecule has 0 atom stereocenters. The molecule has 0 spiro atoms. The first-order valence-corrected chi connectivity index (χ1v) is 10.6. The van der Waals surface area contributed by atoms with Gasteiger partial charge in [0.05, 0.1) is 21.7 Å². The number of H-pyrrole nitrogens is 1. The van der Waals surface area contributed by atoms with Crippen LogP contribution in [-0.2, 0) is 6.42 Å². The molecular weight excluding hydrogens is 444 g/mol. The number of nitrogens with zero attached hydrogens (tertiary/aromatic N) is 3. The van der Waals surface area contributed by atoms with Crippen molar-refractivity contribution in [1.29, 1.82) is 0 Å². The molecule has 0 unspecified atom stereocenters. The van der Waals surface area contributed by atoms with Crippen molar-refractivity contribution in [2.24, 2.45) is 0 Å². The lowest BCUT2D eigenvalue weighted by Crippen LogP contribution is -2.26. The highest BCUT2D eigenvalue weighted by Gasteiger charge is 2.17. The number of amides is 2. The van der Waals surface area contributed by atoms with Gasteiger partial charge in [0, 0.05) is 32.1 Å². The molecule has 0 bridgehead atoms. The quantitative estimate of drug-likeness (QED) is 0.385. The van der Waals surface area contributed by atoms with Crippen LogP contribution in [0.15, 0.2) is 48.8 Å². The van der Waals surface area contributed by atoms with E-state index in [9.17, 15) is 9.59 Å². The summed E-state index contributed by atoms with van der Waals surface area (Å²) in [5, 5.41) is 13.2. The summed E-state index contributed by atoms with van der Waals surface area (Å²) in [5.74, 6) is 0.519. The van der Waals surface area contributed by atoms with Crippen LogP contribution >= 0.6 is 11.6 Å². The van der Waals surface area contributed by atoms with Crippen LogP contribution in [0.4, 0.5) is 0 Å². The minimum absolute atomic E-state index is 0.269. The molecular formula is C23H21ClN6O3. The van der Waals surface area contributed by atoms with Crippen LogP contribution < -0.4 is 15.4 Å². The number of ether oxygens (including phenoxy) is 1. The summed E-state index contributed by atoms with van der Waals surface area (Å²) in [4.78, 5) is 32.6. The van der Waals surface area contributed by atoms with Crippen molar-refractivity contribution in [3.63, 3.8) is 0 Å². The first kappa shape index (κ1) is 22.2. The van der Waals surface area contributed by atoms with Gasteiger partial charge in [-0.05, 0) is 37.1 Å². The number of fused-ring (bicyclic) bond motifs is 1. The molecule has 0 aliphatic heterocycles. The predicted octanol–water partition coefficient (Wildman–Crippen LogP) is 3.44. The number of pyridine rings is 2. The molecule has 2 amide bonds. The van der Waals surface area contributed by atoms with E-state index in [0.717, 1.165) is 5.56 Å². The molecule has 10 heteroatoms. The van der Waals surface area contributed by atoms with E-state index in [1.807, 2.05) is 24.3 Å². The second-order valence-corrected chi connectivity index (χ2v) is 7.61. The van der Waals surface area contributed by atoms with Crippen LogP contribution in [0.1, 0.15) is 32.1 Å². The van der Waals surface area contributed by atoms with E-state index in [1.165, 1.54) is 12.4 Å². The third-order valence-electron chi connectivity index (χ3n) is 4.98. The number of halogens is 1. The van der Waals surface area contributed by atoms with Crippen molar-refractivity contribution in [1.82, 2.24) is 30.8 Å². The monoisotopic (exact) mass is 464 g/mol. The predicted molar refractivity (Wildman–Crippen MR) is 124 cm³/mol. The standard InChI is InChI=1S/C23H21ClN6O3/c1-13-19-20(24)17(12-28-21(19)30-29-13)22(31)27-8-6-14-4-3-5-15(10-14)33-16-7-9-26-18(11-16)23(32)25-2/h3-5,7,9-12H,6,8H2,1-2H3,(H,25,32)(H,27,31)(H,28,29,30). The summed E-state index contributed by atoms with van der Waals surface area (Å²) in [6, 6.07) is 10.7. The number of rotatable bonds is 7. The van der Waals surface area contributed by atoms with Crippen molar-refractivity contribution in [3.8, 4) is 11.5 Å². The molecule has 0 saturated heterocycles. The van der Waals surface area contributed by atoms with Crippen LogP contribution in [0.2, 0.25) is 5.02 Å². The first-order valence-electron chi connectivity index (χ1n) is 10.2. The number of carbonyl (C=O) groups is 2. The third kappa shape index (κ3) is 4.93. The van der Waals surface area contributed by atoms with Crippen molar-refractivity contribution in [3.05, 3.63) is 76.3 Å². The lowest BCUT2D eigenvalue weighted by atomic mass is 10.1. The summed E-state index contributed by atoms with van der Waals surface area (Å²) < 4.78 is 5.87. The topological polar surface area (TPSA) is 122 Å². The van der Waals surface area contributed by atoms with E-state index in [-0.39, 0.29) is 17.5 Å². The van der Waals surface area contributed by atoms with Gasteiger partial charge in [0.1, 0.15) is 17.2 Å². The number of aromatic nitrogens is 4. The number of hydrogen-bond acceptors (Lipinski definition) is 6. The Labute approximate surface area is 194 Å². The van der Waals surface area contributed by atoms with Crippen molar-refractivity contribution in [2.45, 2.75) is 13.3 Å². The van der Waals surface area contributed by atoms with Gasteiger partial charge < -0.3 is 15.4 Å². The summed E-state index contributed by atoms with van der Waals surface area (Å²) in [6.07, 6.45) is 3.54. The molecule has 4 rings (SSSR count). The van der Waals surface area contributed by atoms with E-state index < -0.39 is 0 Å². The normalized spacial score (nSPS) is 10.8. The first-order chi connectivity index (χ1) is 16.0. The fourth-order valence-electron chi connectivity index (χ4n) is 3.30. The van der Waals surface area contributed by atoms with Crippen LogP contribution in [0, 0.1) is 6.92 Å². The van der Waals surface area contributed by atoms with Gasteiger partial charge in [0.15, 0.2) is 5.65 Å². The van der Waals surface area contributed by atoms with E-state index in [1.54, 1.807) is 26.1 Å². The number of hydrogen-bond donors (Lipinski definition) is 3. The molecule has 4 aromatic rings. The minimum atomic E-state index is -0.305. The molecule has 0 aliphatic carbocycles. The maximum Gasteiger partial charge on any atom is 0.269 e. The highest BCUT2D eigenvalue weighted by Crippen LogP contribution is 2.27. The number of benzene rings is 1. The van der Waals surface area contributed by atoms with Crippen LogP contribution in [-0.4, -0.2) is 45.6 Å². The van der Waals surface area contributed by atoms with E-state index in [2.05, 4.69) is 30.8 Å². The molecule has 1 aromatic carbocycles. The number of nitrogens with one attached hydrogen (secondary N) is 3. The Morgan fingerprint density at radius 1 is 1.12 bits per heavy atom. The molecule has 3 aromatic heterocycles. The Morgan fingerprint density at radius 3 is 2.76 bits per heavy atom. The summed E-state index contributed by atoms with van der Waals surface area (Å²) in [7, 11) is 1.54. The van der Waals surface area contributed by atoms with Crippen LogP contribution in [0.5, 0.6) is 11.5 Å². The van der Waals surface area contributed by atoms with Crippen molar-refractivity contribution < 1.29 is 14.3 Å². The Hall–Kier alpha value is -3.98. The summed E-state index contributed by atoms with van der Waals surface area (Å²) in [5.41, 5.74) is 2.77. The number of carbonyl (C=O) groups excluding carboxylic acids is 2. The van der Waals surface area contributed by atoms with Crippen LogP contribution in [0.3, 0.4) is 0 Å². The maximum atomic E-state index is 12.6. The SMILES string of the molecule is CNC(=O)c1cc(Oc2cccc(CCNC(=O)c3cnc4[nH]nc(C)c4c3Cl)c2)ccn1. The largest absolute Gasteiger partial charge is 0.457 e. The highest BCUT2D eigenvalue weighted by molar-refractivity contribution is 6.38. The van der Waals surface area contributed by atoms with Crippen molar-refractivity contribution >= 4 is 34.4 Å². The molecule has 3 N–H and O–H groups in total. The molecule has 3 heterocycles. The second-order valence-electron chi connectivity index (χ2n) is 7.23. The average Bonchev–Trinajstić information content (AvgIpc) is 3.20. The lowest BCUT2D eigenvalue weighted by molar-refractivity contribution is 0.0947. The van der Waals surface area contributed by atoms with Gasteiger partial charge in [0.25, 0.3) is 11.8 Å². The van der Waals surface area contributed by atoms with E-state index in [4.69, 9.17) is 16.3 Å². The third-order valence-corrected chi connectivity index (χ3v) is 5.37. The molecule has 9 nitrogen and oxygen atoms in total. The molecule has 0 saturated carbocycles. The van der Waals surface area contributed by atoms with E-state index >= 15 is 0 Å². The highest BCUT2D eigenvalue weighted by atomic mass is 35.5. The molecule has 168 valence electrons. The van der Waals surface area contributed by atoms with Gasteiger partial charge in [-0.3, -0.25) is 19.7 Å². The van der Waals surface area contributed by atoms with Gasteiger partial charge in [-0.1, -0.05) is 23.7 Å². The van der Waals surface area contributed by atoms with Gasteiger partial charge >= 0.3 is 0 Å². The van der Waals surface area contributed by atoms with Crippen LogP contribution in [0.25, 0.3) is 11.0 Å². The fraction of sp³-hybridized carbons (Fsp3) is 0.174. The lowest BCUT2D eigenvalue weighted by Gasteiger charge is -2.10. The second kappa shape index (κ2) is 9.66. The molecule has 0 radical (unpaired) electrons. The summed E-state index contributed by atoms with van der Waals surface area (Å²) in [6.45, 7) is 2.20. The zero-order valence-corrected chi connectivity index (χ0v) is 18.7. The smallest absolute Gasteiger partial charge is 0.269 e. The zero-order valence-electron chi connectivity index (χ0n) is 18.0. The Morgan fingerprint density at radius 2 is 1.94 bits per heavy atom. The van der Waals surface area contributed by atoms with Gasteiger partial charge in [-0.2, -0.15) is 5.10 Å². The maximum absolute atomic E-state index is 12.6. The zero-order chi connectivity index (χ0) is 23.4. The van der Waals surface area contributed by atoms with Gasteiger partial charge in [-0.15, -0.1) is 0 Å². The van der Waals surface area contributed by atoms with Gasteiger partial charge in [-0.25, -0.2) is 4.98 Å². The Balaban J connectivity index is 1.38. The summed E-state index contributed by atoms with van der Waals surface area (Å²) >= 11 is 6.41. The number of aryl methyl sites for hydroxylation is 1. The van der Waals surface area contributed by atoms with E-state index in [0.29, 0.717) is 51.8 Å². The van der Waals surface area contributed by atoms with Gasteiger partial charge in [0.2, 0.25) is 0 Å². The molecule has 0 aliphatic rings. The number of aromatic amines is 1. The Bertz CT molecular complexity index is 1340. The minimum Gasteiger partial charge on any atom is -0.457 e. The molecule has 33 heavy (non-hydrogen) atoms. The fourth-order valence-corrected chi connectivity index (χ4v) is 3.66. The molecule has 0 fully saturated rings.